The van der Waals surface area contributed by atoms with Crippen molar-refractivity contribution in [3.05, 3.63) is 53.7 Å². The van der Waals surface area contributed by atoms with Crippen molar-refractivity contribution in [1.82, 2.24) is 4.98 Å². The summed E-state index contributed by atoms with van der Waals surface area (Å²) >= 11 is 0. The molecule has 0 aliphatic rings. The van der Waals surface area contributed by atoms with Crippen LogP contribution >= 0.6 is 0 Å². The van der Waals surface area contributed by atoms with Crippen LogP contribution in [0.15, 0.2) is 42.6 Å². The van der Waals surface area contributed by atoms with Gasteiger partial charge in [-0.25, -0.2) is 14.2 Å². The molecule has 0 bridgehead atoms. The minimum Gasteiger partial charge on any atom is -0.475 e. The maximum absolute atomic E-state index is 12.2. The molecule has 2 rings (SSSR count). The average Bonchev–Trinajstić information content (AvgIpc) is 2.79. The molecule has 1 heterocycles. The number of nitrogens with zero attached hydrogens (tertiary/aromatic N) is 2. The average molecular weight is 460 g/mol. The van der Waals surface area contributed by atoms with Crippen LogP contribution in [0.1, 0.15) is 31.9 Å². The van der Waals surface area contributed by atoms with Gasteiger partial charge in [0.25, 0.3) is 0 Å². The lowest BCUT2D eigenvalue weighted by molar-refractivity contribution is 0.0320. The van der Waals surface area contributed by atoms with E-state index in [1.807, 2.05) is 63.3 Å². The second-order valence-corrected chi connectivity index (χ2v) is 8.16. The van der Waals surface area contributed by atoms with E-state index >= 15 is 0 Å². The number of rotatable bonds is 12. The van der Waals surface area contributed by atoms with Crippen molar-refractivity contribution in [3.8, 4) is 5.88 Å². The predicted octanol–water partition coefficient (Wildman–Crippen LogP) is 5.00. The van der Waals surface area contributed by atoms with Crippen molar-refractivity contribution in [2.45, 2.75) is 26.4 Å². The molecule has 180 valence electrons. The van der Waals surface area contributed by atoms with Crippen LogP contribution in [0.4, 0.5) is 14.9 Å². The van der Waals surface area contributed by atoms with E-state index in [0.29, 0.717) is 32.3 Å². The van der Waals surface area contributed by atoms with Crippen molar-refractivity contribution in [2.24, 2.45) is 0 Å². The van der Waals surface area contributed by atoms with Crippen molar-refractivity contribution in [2.75, 3.05) is 51.7 Å². The lowest BCUT2D eigenvalue weighted by Crippen LogP contribution is -2.34. The Bertz CT molecular complexity index is 864. The Kier molecular flexibility index (Phi) is 10.8. The second kappa shape index (κ2) is 13.5. The van der Waals surface area contributed by atoms with Crippen LogP contribution < -0.4 is 9.64 Å². The van der Waals surface area contributed by atoms with E-state index in [9.17, 15) is 9.18 Å². The molecule has 0 N–H and O–H groups in total. The van der Waals surface area contributed by atoms with E-state index in [2.05, 4.69) is 4.98 Å². The summed E-state index contributed by atoms with van der Waals surface area (Å²) in [4.78, 5) is 17.9. The van der Waals surface area contributed by atoms with Crippen LogP contribution in [0.2, 0.25) is 0 Å². The largest absolute Gasteiger partial charge is 0.475 e. The Hall–Kier alpha value is -2.97. The van der Waals surface area contributed by atoms with Gasteiger partial charge in [0.15, 0.2) is 0 Å². The number of aromatic nitrogens is 1. The molecule has 1 aromatic carbocycles. The molecule has 1 aromatic heterocycles. The molecule has 0 atom stereocenters. The number of alkyl halides is 1. The smallest absolute Gasteiger partial charge is 0.414 e. The van der Waals surface area contributed by atoms with Gasteiger partial charge in [-0.05, 0) is 50.1 Å². The normalized spacial score (nSPS) is 11.5. The number of benzene rings is 1. The van der Waals surface area contributed by atoms with Crippen LogP contribution in [0.3, 0.4) is 0 Å². The molecule has 0 unspecified atom stereocenters. The fourth-order valence-electron chi connectivity index (χ4n) is 2.59. The summed E-state index contributed by atoms with van der Waals surface area (Å²) in [6, 6.07) is 11.3. The molecule has 0 spiro atoms. The van der Waals surface area contributed by atoms with Gasteiger partial charge in [0.1, 0.15) is 18.9 Å². The summed E-state index contributed by atoms with van der Waals surface area (Å²) in [5, 5.41) is 0. The van der Waals surface area contributed by atoms with Gasteiger partial charge in [-0.3, -0.25) is 4.90 Å². The molecule has 0 aliphatic heterocycles. The Morgan fingerprint density at radius 1 is 0.939 bits per heavy atom. The Labute approximate surface area is 195 Å². The summed E-state index contributed by atoms with van der Waals surface area (Å²) in [6.07, 6.45) is 5.24. The summed E-state index contributed by atoms with van der Waals surface area (Å²) < 4.78 is 33.1. The Balaban J connectivity index is 1.77. The fourth-order valence-corrected chi connectivity index (χ4v) is 2.59. The van der Waals surface area contributed by atoms with Gasteiger partial charge < -0.3 is 18.9 Å². The van der Waals surface area contributed by atoms with Gasteiger partial charge in [-0.1, -0.05) is 24.3 Å². The van der Waals surface area contributed by atoms with Crippen molar-refractivity contribution < 1.29 is 28.1 Å². The van der Waals surface area contributed by atoms with E-state index in [1.165, 1.54) is 4.90 Å². The highest BCUT2D eigenvalue weighted by molar-refractivity contribution is 5.87. The number of carbonyl (C=O) groups excluding carboxylic acids is 1. The van der Waals surface area contributed by atoms with E-state index < -0.39 is 18.4 Å². The third-order valence-electron chi connectivity index (χ3n) is 4.25. The van der Waals surface area contributed by atoms with Gasteiger partial charge in [0.2, 0.25) is 5.88 Å². The molecule has 2 aromatic rings. The van der Waals surface area contributed by atoms with Crippen molar-refractivity contribution in [1.29, 1.82) is 0 Å². The highest BCUT2D eigenvalue weighted by Crippen LogP contribution is 2.19. The van der Waals surface area contributed by atoms with E-state index in [0.717, 1.165) is 16.8 Å². The molecular formula is C25H33FN2O5. The maximum Gasteiger partial charge on any atom is 0.414 e. The number of anilines is 1. The highest BCUT2D eigenvalue weighted by atomic mass is 18.2. The SMILES string of the molecule is CN(C(=O)OC(C)(C)C)c1ccc(/C=C/c2ccc(OCCOCCOCC[18F])nc2)cc1. The molecule has 1 amide bonds. The van der Waals surface area contributed by atoms with Crippen LogP contribution in [-0.2, 0) is 14.2 Å². The molecule has 0 saturated heterocycles. The summed E-state index contributed by atoms with van der Waals surface area (Å²) in [5.41, 5.74) is 2.13. The highest BCUT2D eigenvalue weighted by Gasteiger charge is 2.20. The van der Waals surface area contributed by atoms with Gasteiger partial charge in [-0.15, -0.1) is 0 Å². The number of pyridine rings is 1. The number of hydrogen-bond acceptors (Lipinski definition) is 6. The lowest BCUT2D eigenvalue weighted by Gasteiger charge is -2.24. The van der Waals surface area contributed by atoms with Crippen molar-refractivity contribution in [3.63, 3.8) is 0 Å². The monoisotopic (exact) mass is 459 g/mol. The van der Waals surface area contributed by atoms with E-state index in [4.69, 9.17) is 18.9 Å². The van der Waals surface area contributed by atoms with Crippen LogP contribution in [0.5, 0.6) is 5.88 Å². The molecule has 8 heteroatoms. The standard InChI is InChI=1S/C25H33FN2O5/c1-25(2,3)33-24(29)28(4)22-10-7-20(8-11-22)5-6-21-9-12-23(27-19-21)32-18-17-31-16-15-30-14-13-26/h5-12,19H,13-18H2,1-4H3/b6-5+/i26-1. The van der Waals surface area contributed by atoms with E-state index in [-0.39, 0.29) is 6.61 Å². The zero-order valence-corrected chi connectivity index (χ0v) is 19.8. The first-order chi connectivity index (χ1) is 15.8. The quantitative estimate of drug-likeness (QED) is 0.416. The molecule has 0 fully saturated rings. The van der Waals surface area contributed by atoms with E-state index in [1.54, 1.807) is 19.3 Å². The zero-order valence-electron chi connectivity index (χ0n) is 19.8. The summed E-state index contributed by atoms with van der Waals surface area (Å²) in [6.45, 7) is 6.67. The first-order valence-electron chi connectivity index (χ1n) is 10.8. The summed E-state index contributed by atoms with van der Waals surface area (Å²) in [7, 11) is 1.68. The Morgan fingerprint density at radius 2 is 1.55 bits per heavy atom. The molecular weight excluding hydrogens is 426 g/mol. The predicted molar refractivity (Wildman–Crippen MR) is 127 cm³/mol. The first kappa shape index (κ1) is 26.3. The molecule has 0 radical (unpaired) electrons. The van der Waals surface area contributed by atoms with Crippen LogP contribution in [0.25, 0.3) is 12.2 Å². The third-order valence-corrected chi connectivity index (χ3v) is 4.25. The zero-order chi connectivity index (χ0) is 24.1. The minimum atomic E-state index is -0.538. The molecule has 0 saturated carbocycles. The van der Waals surface area contributed by atoms with Crippen LogP contribution in [-0.4, -0.2) is 63.4 Å². The number of amides is 1. The van der Waals surface area contributed by atoms with Gasteiger partial charge in [0.05, 0.1) is 26.4 Å². The van der Waals surface area contributed by atoms with Crippen LogP contribution in [0, 0.1) is 0 Å². The molecule has 33 heavy (non-hydrogen) atoms. The first-order valence-corrected chi connectivity index (χ1v) is 10.8. The molecule has 7 nitrogen and oxygen atoms in total. The van der Waals surface area contributed by atoms with Gasteiger partial charge in [0, 0.05) is 25.0 Å². The number of halogens is 1. The summed E-state index contributed by atoms with van der Waals surface area (Å²) in [5.74, 6) is 0.513. The number of carbonyl (C=O) groups is 1. The van der Waals surface area contributed by atoms with Crippen molar-refractivity contribution >= 4 is 23.9 Å². The second-order valence-electron chi connectivity index (χ2n) is 8.16. The molecule has 0 aliphatic carbocycles. The number of hydrogen-bond donors (Lipinski definition) is 0. The fraction of sp³-hybridized carbons (Fsp3) is 0.440. The minimum absolute atomic E-state index is 0.0985. The topological polar surface area (TPSA) is 70.1 Å². The third kappa shape index (κ3) is 10.5. The Morgan fingerprint density at radius 3 is 2.15 bits per heavy atom. The number of ether oxygens (including phenoxy) is 4. The van der Waals surface area contributed by atoms with Gasteiger partial charge >= 0.3 is 6.09 Å². The van der Waals surface area contributed by atoms with Gasteiger partial charge in [-0.2, -0.15) is 0 Å². The maximum atomic E-state index is 12.2. The lowest BCUT2D eigenvalue weighted by atomic mass is 10.1.